The number of rotatable bonds is 2. The van der Waals surface area contributed by atoms with Gasteiger partial charge in [-0.3, -0.25) is 14.9 Å². The van der Waals surface area contributed by atoms with Crippen molar-refractivity contribution in [3.8, 4) is 0 Å². The van der Waals surface area contributed by atoms with Crippen molar-refractivity contribution in [2.45, 2.75) is 25.4 Å². The van der Waals surface area contributed by atoms with E-state index in [0.717, 1.165) is 22.6 Å². The van der Waals surface area contributed by atoms with Crippen LogP contribution in [-0.4, -0.2) is 28.5 Å². The van der Waals surface area contributed by atoms with Crippen molar-refractivity contribution >= 4 is 28.6 Å². The Bertz CT molecular complexity index is 1180. The lowest BCUT2D eigenvalue weighted by atomic mass is 9.99. The van der Waals surface area contributed by atoms with Crippen molar-refractivity contribution < 1.29 is 26.3 Å². The van der Waals surface area contributed by atoms with Crippen molar-refractivity contribution in [3.63, 3.8) is 0 Å². The zero-order valence-corrected chi connectivity index (χ0v) is 15.9. The van der Waals surface area contributed by atoms with Crippen molar-refractivity contribution in [2.24, 2.45) is 4.99 Å². The quantitative estimate of drug-likeness (QED) is 0.479. The van der Waals surface area contributed by atoms with Crippen LogP contribution in [0.15, 0.2) is 59.9 Å². The van der Waals surface area contributed by atoms with Crippen LogP contribution in [0.4, 0.5) is 32.2 Å². The number of aromatic nitrogens is 2. The lowest BCUT2D eigenvalue weighted by Gasteiger charge is -2.35. The van der Waals surface area contributed by atoms with Gasteiger partial charge < -0.3 is 0 Å². The van der Waals surface area contributed by atoms with Gasteiger partial charge in [0.15, 0.2) is 0 Å². The first-order chi connectivity index (χ1) is 14.6. The van der Waals surface area contributed by atoms with Gasteiger partial charge in [0, 0.05) is 29.6 Å². The zero-order valence-electron chi connectivity index (χ0n) is 15.9. The second kappa shape index (κ2) is 7.36. The Morgan fingerprint density at radius 1 is 0.935 bits per heavy atom. The average molecular weight is 436 g/mol. The number of benzene rings is 1. The van der Waals surface area contributed by atoms with Gasteiger partial charge in [0.25, 0.3) is 0 Å². The molecule has 1 aliphatic heterocycles. The van der Waals surface area contributed by atoms with E-state index >= 15 is 0 Å². The highest BCUT2D eigenvalue weighted by atomic mass is 19.4. The number of halogens is 6. The van der Waals surface area contributed by atoms with Crippen LogP contribution >= 0.6 is 0 Å². The number of hydrogen-bond acceptors (Lipinski definition) is 4. The molecule has 0 fully saturated rings. The molecule has 3 aromatic rings. The van der Waals surface area contributed by atoms with E-state index in [1.165, 1.54) is 6.08 Å². The Morgan fingerprint density at radius 2 is 1.71 bits per heavy atom. The van der Waals surface area contributed by atoms with Crippen LogP contribution in [0.3, 0.4) is 0 Å². The zero-order chi connectivity index (χ0) is 22.4. The summed E-state index contributed by atoms with van der Waals surface area (Å²) in [6, 6.07) is 8.54. The van der Waals surface area contributed by atoms with E-state index < -0.39 is 24.1 Å². The minimum absolute atomic E-state index is 0.106. The minimum Gasteiger partial charge on any atom is -0.295 e. The van der Waals surface area contributed by atoms with Crippen molar-refractivity contribution in [2.75, 3.05) is 4.90 Å². The van der Waals surface area contributed by atoms with Gasteiger partial charge in [0.05, 0.1) is 16.8 Å². The minimum atomic E-state index is -4.79. The van der Waals surface area contributed by atoms with Crippen LogP contribution in [0.1, 0.15) is 16.7 Å². The van der Waals surface area contributed by atoms with Crippen molar-refractivity contribution in [3.05, 3.63) is 71.6 Å². The summed E-state index contributed by atoms with van der Waals surface area (Å²) < 4.78 is 80.0. The van der Waals surface area contributed by atoms with Gasteiger partial charge in [-0.1, -0.05) is 18.2 Å². The SMILES string of the molecule is Cc1c(C2=CC=NC(C(F)(F)F)N2c2ccc(C(F)(F)F)cn2)ccc2cccnc12. The third kappa shape index (κ3) is 3.85. The molecule has 0 N–H and O–H groups in total. The third-order valence-corrected chi connectivity index (χ3v) is 4.88. The van der Waals surface area contributed by atoms with Gasteiger partial charge >= 0.3 is 12.4 Å². The Morgan fingerprint density at radius 3 is 2.35 bits per heavy atom. The Kier molecular flexibility index (Phi) is 4.95. The first-order valence-electron chi connectivity index (χ1n) is 9.05. The lowest BCUT2D eigenvalue weighted by molar-refractivity contribution is -0.145. The van der Waals surface area contributed by atoms with E-state index in [-0.39, 0.29) is 11.5 Å². The number of nitrogens with zero attached hydrogens (tertiary/aromatic N) is 4. The number of aliphatic imine (C=N–C) groups is 1. The number of fused-ring (bicyclic) bond motifs is 1. The molecular weight excluding hydrogens is 422 g/mol. The van der Waals surface area contributed by atoms with E-state index in [9.17, 15) is 26.3 Å². The van der Waals surface area contributed by atoms with E-state index in [4.69, 9.17) is 0 Å². The van der Waals surface area contributed by atoms with Crippen molar-refractivity contribution in [1.29, 1.82) is 0 Å². The first-order valence-corrected chi connectivity index (χ1v) is 9.05. The highest BCUT2D eigenvalue weighted by molar-refractivity contribution is 5.96. The maximum atomic E-state index is 13.8. The molecule has 0 saturated carbocycles. The van der Waals surface area contributed by atoms with Gasteiger partial charge in [-0.05, 0) is 36.8 Å². The van der Waals surface area contributed by atoms with Crippen LogP contribution in [0.5, 0.6) is 0 Å². The molecule has 3 heterocycles. The summed E-state index contributed by atoms with van der Waals surface area (Å²) >= 11 is 0. The number of aryl methyl sites for hydroxylation is 1. The molecule has 1 unspecified atom stereocenters. The highest BCUT2D eigenvalue weighted by Crippen LogP contribution is 2.39. The fraction of sp³-hybridized carbons (Fsp3) is 0.190. The average Bonchev–Trinajstić information content (AvgIpc) is 2.73. The van der Waals surface area contributed by atoms with E-state index in [0.29, 0.717) is 28.9 Å². The van der Waals surface area contributed by atoms with Gasteiger partial charge in [-0.25, -0.2) is 4.98 Å². The summed E-state index contributed by atoms with van der Waals surface area (Å²) in [5, 5.41) is 0.806. The second-order valence-electron chi connectivity index (χ2n) is 6.85. The van der Waals surface area contributed by atoms with E-state index in [1.54, 1.807) is 31.3 Å². The second-order valence-corrected chi connectivity index (χ2v) is 6.85. The maximum absolute atomic E-state index is 13.8. The number of anilines is 1. The summed E-state index contributed by atoms with van der Waals surface area (Å²) in [4.78, 5) is 12.3. The molecule has 4 nitrogen and oxygen atoms in total. The van der Waals surface area contributed by atoms with Crippen LogP contribution in [-0.2, 0) is 6.18 Å². The molecule has 0 aliphatic carbocycles. The third-order valence-electron chi connectivity index (χ3n) is 4.88. The molecular formula is C21H14F6N4. The molecule has 10 heteroatoms. The van der Waals surface area contributed by atoms with E-state index in [1.807, 2.05) is 6.07 Å². The first kappa shape index (κ1) is 20.8. The van der Waals surface area contributed by atoms with Gasteiger partial charge in [0.1, 0.15) is 5.82 Å². The molecule has 1 aromatic carbocycles. The topological polar surface area (TPSA) is 41.4 Å². The summed E-state index contributed by atoms with van der Waals surface area (Å²) in [6.07, 6.45) is -7.29. The number of pyridine rings is 2. The lowest BCUT2D eigenvalue weighted by Crippen LogP contribution is -2.45. The Labute approximate surface area is 172 Å². The molecule has 1 atom stereocenters. The predicted octanol–water partition coefficient (Wildman–Crippen LogP) is 5.78. The molecule has 1 aliphatic rings. The predicted molar refractivity (Wildman–Crippen MR) is 105 cm³/mol. The number of hydrogen-bond donors (Lipinski definition) is 0. The molecule has 31 heavy (non-hydrogen) atoms. The summed E-state index contributed by atoms with van der Waals surface area (Å²) in [6.45, 7) is 1.72. The standard InChI is InChI=1S/C21H14F6N4/c1-12-15(6-4-13-3-2-9-28-18(12)13)16-8-10-29-19(21(25,26)27)31(16)17-7-5-14(11-30-17)20(22,23)24/h2-11,19H,1H3. The van der Waals surface area contributed by atoms with E-state index in [2.05, 4.69) is 15.0 Å². The molecule has 4 rings (SSSR count). The molecule has 0 saturated heterocycles. The Hall–Kier alpha value is -3.43. The molecule has 0 bridgehead atoms. The van der Waals surface area contributed by atoms with Crippen LogP contribution in [0.25, 0.3) is 16.6 Å². The number of allylic oxidation sites excluding steroid dienone is 1. The van der Waals surface area contributed by atoms with Gasteiger partial charge in [-0.15, -0.1) is 0 Å². The van der Waals surface area contributed by atoms with Crippen molar-refractivity contribution in [1.82, 2.24) is 9.97 Å². The maximum Gasteiger partial charge on any atom is 0.429 e. The Balaban J connectivity index is 1.87. The largest absolute Gasteiger partial charge is 0.429 e. The van der Waals surface area contributed by atoms with Crippen LogP contribution < -0.4 is 4.90 Å². The van der Waals surface area contributed by atoms with Gasteiger partial charge in [-0.2, -0.15) is 26.3 Å². The van der Waals surface area contributed by atoms with Gasteiger partial charge in [0.2, 0.25) is 6.17 Å². The highest BCUT2D eigenvalue weighted by Gasteiger charge is 2.47. The fourth-order valence-electron chi connectivity index (χ4n) is 3.44. The summed E-state index contributed by atoms with van der Waals surface area (Å²) in [5.41, 5.74) is 0.713. The molecule has 0 spiro atoms. The molecule has 2 aromatic heterocycles. The van der Waals surface area contributed by atoms with Crippen LogP contribution in [0, 0.1) is 6.92 Å². The smallest absolute Gasteiger partial charge is 0.295 e. The molecule has 160 valence electrons. The molecule has 0 amide bonds. The molecule has 0 radical (unpaired) electrons. The van der Waals surface area contributed by atoms with Crippen LogP contribution in [0.2, 0.25) is 0 Å². The number of alkyl halides is 6. The summed E-state index contributed by atoms with van der Waals surface area (Å²) in [5.74, 6) is -0.307. The summed E-state index contributed by atoms with van der Waals surface area (Å²) in [7, 11) is 0. The normalized spacial score (nSPS) is 17.2. The monoisotopic (exact) mass is 436 g/mol. The fourth-order valence-corrected chi connectivity index (χ4v) is 3.44.